The number of nitrogens with zero attached hydrogens (tertiary/aromatic N) is 2. The predicted molar refractivity (Wildman–Crippen MR) is 126 cm³/mol. The second kappa shape index (κ2) is 7.42. The normalized spacial score (nSPS) is 16.4. The molecule has 1 amide bonds. The summed E-state index contributed by atoms with van der Waals surface area (Å²) in [5, 5.41) is 2.25. The van der Waals surface area contributed by atoms with E-state index in [-0.39, 0.29) is 17.4 Å². The Kier molecular flexibility index (Phi) is 4.70. The largest absolute Gasteiger partial charge is 0.348 e. The second-order valence-electron chi connectivity index (χ2n) is 9.46. The zero-order valence-electron chi connectivity index (χ0n) is 18.4. The molecule has 3 nitrogen and oxygen atoms in total. The molecule has 0 spiro atoms. The van der Waals surface area contributed by atoms with Crippen LogP contribution in [0.2, 0.25) is 0 Å². The minimum atomic E-state index is -0.0864. The highest BCUT2D eigenvalue weighted by Crippen LogP contribution is 2.35. The molecule has 156 valence electrons. The Morgan fingerprint density at radius 3 is 2.32 bits per heavy atom. The van der Waals surface area contributed by atoms with Gasteiger partial charge in [-0.15, -0.1) is 0 Å². The molecule has 1 atom stereocenters. The number of fused-ring (bicyclic) bond motifs is 2. The molecule has 3 heteroatoms. The van der Waals surface area contributed by atoms with E-state index in [1.165, 1.54) is 11.3 Å². The van der Waals surface area contributed by atoms with Gasteiger partial charge in [0.25, 0.3) is 5.91 Å². The molecule has 1 unspecified atom stereocenters. The van der Waals surface area contributed by atoms with Crippen molar-refractivity contribution in [2.45, 2.75) is 38.8 Å². The molecule has 0 bridgehead atoms. The molecular weight excluding hydrogens is 380 g/mol. The maximum absolute atomic E-state index is 13.7. The van der Waals surface area contributed by atoms with Crippen LogP contribution in [0.3, 0.4) is 0 Å². The van der Waals surface area contributed by atoms with Gasteiger partial charge in [-0.1, -0.05) is 75.4 Å². The Bertz CT molecular complexity index is 1240. The van der Waals surface area contributed by atoms with Gasteiger partial charge in [0.2, 0.25) is 0 Å². The van der Waals surface area contributed by atoms with Crippen molar-refractivity contribution >= 4 is 16.7 Å². The molecule has 0 radical (unpaired) electrons. The van der Waals surface area contributed by atoms with Crippen LogP contribution in [0.4, 0.5) is 0 Å². The summed E-state index contributed by atoms with van der Waals surface area (Å²) in [6.07, 6.45) is 2.11. The fourth-order valence-corrected chi connectivity index (χ4v) is 4.61. The fourth-order valence-electron chi connectivity index (χ4n) is 4.61. The van der Waals surface area contributed by atoms with Crippen LogP contribution in [0.25, 0.3) is 10.8 Å². The van der Waals surface area contributed by atoms with Gasteiger partial charge in [-0.3, -0.25) is 4.79 Å². The van der Waals surface area contributed by atoms with Crippen molar-refractivity contribution < 1.29 is 4.79 Å². The van der Waals surface area contributed by atoms with E-state index in [0.717, 1.165) is 28.4 Å². The van der Waals surface area contributed by atoms with E-state index >= 15 is 0 Å². The van der Waals surface area contributed by atoms with Gasteiger partial charge in [0.1, 0.15) is 0 Å². The number of hydrogen-bond donors (Lipinski definition) is 0. The first-order valence-electron chi connectivity index (χ1n) is 11.0. The van der Waals surface area contributed by atoms with Crippen molar-refractivity contribution in [2.75, 3.05) is 6.54 Å². The maximum atomic E-state index is 13.7. The number of carbonyl (C=O) groups excluding carboxylic acids is 1. The van der Waals surface area contributed by atoms with E-state index in [2.05, 4.69) is 80.1 Å². The third-order valence-corrected chi connectivity index (χ3v) is 6.39. The van der Waals surface area contributed by atoms with Crippen molar-refractivity contribution in [3.05, 3.63) is 107 Å². The summed E-state index contributed by atoms with van der Waals surface area (Å²) in [7, 11) is 0. The number of hydrogen-bond acceptors (Lipinski definition) is 1. The molecule has 0 saturated carbocycles. The van der Waals surface area contributed by atoms with Crippen LogP contribution < -0.4 is 0 Å². The Morgan fingerprint density at radius 2 is 1.58 bits per heavy atom. The maximum Gasteiger partial charge on any atom is 0.254 e. The number of carbonyl (C=O) groups is 1. The van der Waals surface area contributed by atoms with Crippen LogP contribution in [0.1, 0.15) is 54.0 Å². The number of benzene rings is 3. The number of rotatable bonds is 2. The molecule has 5 rings (SSSR count). The lowest BCUT2D eigenvalue weighted by atomic mass is 9.86. The molecule has 0 fully saturated rings. The lowest BCUT2D eigenvalue weighted by Gasteiger charge is -2.37. The van der Waals surface area contributed by atoms with Crippen LogP contribution in [-0.2, 0) is 12.0 Å². The summed E-state index contributed by atoms with van der Waals surface area (Å²) in [5.41, 5.74) is 4.47. The van der Waals surface area contributed by atoms with Gasteiger partial charge >= 0.3 is 0 Å². The summed E-state index contributed by atoms with van der Waals surface area (Å²) in [4.78, 5) is 15.7. The average Bonchev–Trinajstić information content (AvgIpc) is 3.26. The third-order valence-electron chi connectivity index (χ3n) is 6.39. The molecule has 2 heterocycles. The average molecular weight is 409 g/mol. The third kappa shape index (κ3) is 3.54. The lowest BCUT2D eigenvalue weighted by molar-refractivity contribution is 0.0664. The van der Waals surface area contributed by atoms with Gasteiger partial charge in [-0.25, -0.2) is 0 Å². The monoisotopic (exact) mass is 408 g/mol. The van der Waals surface area contributed by atoms with Crippen LogP contribution in [0.5, 0.6) is 0 Å². The van der Waals surface area contributed by atoms with Crippen molar-refractivity contribution in [3.8, 4) is 0 Å². The van der Waals surface area contributed by atoms with Gasteiger partial charge in [0, 0.05) is 30.5 Å². The Balaban J connectivity index is 1.55. The summed E-state index contributed by atoms with van der Waals surface area (Å²) < 4.78 is 2.27. The van der Waals surface area contributed by atoms with E-state index in [0.29, 0.717) is 6.54 Å². The molecule has 4 aromatic rings. The van der Waals surface area contributed by atoms with E-state index < -0.39 is 0 Å². The SMILES string of the molecule is CC(C)(C)c1ccc(C2c3cccn3CCN2C(=O)c2ccc3ccccc3c2)cc1. The van der Waals surface area contributed by atoms with Crippen molar-refractivity contribution in [2.24, 2.45) is 0 Å². The second-order valence-corrected chi connectivity index (χ2v) is 9.46. The van der Waals surface area contributed by atoms with E-state index in [9.17, 15) is 4.79 Å². The number of aromatic nitrogens is 1. The van der Waals surface area contributed by atoms with Crippen molar-refractivity contribution in [1.29, 1.82) is 0 Å². The van der Waals surface area contributed by atoms with Crippen LogP contribution >= 0.6 is 0 Å². The fraction of sp³-hybridized carbons (Fsp3) is 0.250. The highest BCUT2D eigenvalue weighted by molar-refractivity contribution is 5.99. The minimum Gasteiger partial charge on any atom is -0.348 e. The van der Waals surface area contributed by atoms with Gasteiger partial charge in [0.15, 0.2) is 0 Å². The summed E-state index contributed by atoms with van der Waals surface area (Å²) in [6, 6.07) is 27.1. The van der Waals surface area contributed by atoms with Crippen LogP contribution in [-0.4, -0.2) is 21.9 Å². The topological polar surface area (TPSA) is 25.2 Å². The molecule has 0 N–H and O–H groups in total. The highest BCUT2D eigenvalue weighted by Gasteiger charge is 2.33. The van der Waals surface area contributed by atoms with E-state index in [1.807, 2.05) is 35.2 Å². The summed E-state index contributed by atoms with van der Waals surface area (Å²) >= 11 is 0. The van der Waals surface area contributed by atoms with Crippen LogP contribution in [0.15, 0.2) is 85.1 Å². The van der Waals surface area contributed by atoms with Crippen LogP contribution in [0, 0.1) is 0 Å². The summed E-state index contributed by atoms with van der Waals surface area (Å²) in [6.45, 7) is 8.19. The summed E-state index contributed by atoms with van der Waals surface area (Å²) in [5.74, 6) is 0.0862. The van der Waals surface area contributed by atoms with Crippen molar-refractivity contribution in [3.63, 3.8) is 0 Å². The van der Waals surface area contributed by atoms with Gasteiger partial charge in [-0.05, 0) is 51.6 Å². The molecule has 1 aromatic heterocycles. The minimum absolute atomic E-state index is 0.0862. The first-order chi connectivity index (χ1) is 14.9. The first kappa shape index (κ1) is 19.6. The zero-order chi connectivity index (χ0) is 21.6. The van der Waals surface area contributed by atoms with E-state index in [1.54, 1.807) is 0 Å². The predicted octanol–water partition coefficient (Wildman–Crippen LogP) is 6.18. The number of amides is 1. The Labute approximate surface area is 183 Å². The highest BCUT2D eigenvalue weighted by atomic mass is 16.2. The molecule has 3 aromatic carbocycles. The van der Waals surface area contributed by atoms with Gasteiger partial charge in [-0.2, -0.15) is 0 Å². The van der Waals surface area contributed by atoms with E-state index in [4.69, 9.17) is 0 Å². The lowest BCUT2D eigenvalue weighted by Crippen LogP contribution is -2.42. The standard InChI is InChI=1S/C28H28N2O/c1-28(2,3)24-14-12-21(13-15-24)26-25-9-6-16-29(25)17-18-30(26)27(31)23-11-10-20-7-4-5-8-22(20)19-23/h4-16,19,26H,17-18H2,1-3H3. The molecule has 1 aliphatic heterocycles. The first-order valence-corrected chi connectivity index (χ1v) is 11.0. The molecule has 0 aliphatic carbocycles. The molecular formula is C28H28N2O. The van der Waals surface area contributed by atoms with Crippen molar-refractivity contribution in [1.82, 2.24) is 9.47 Å². The smallest absolute Gasteiger partial charge is 0.254 e. The van der Waals surface area contributed by atoms with Gasteiger partial charge < -0.3 is 9.47 Å². The van der Waals surface area contributed by atoms with Gasteiger partial charge in [0.05, 0.1) is 6.04 Å². The molecule has 1 aliphatic rings. The quantitative estimate of drug-likeness (QED) is 0.388. The zero-order valence-corrected chi connectivity index (χ0v) is 18.4. The Hall–Kier alpha value is -3.33. The molecule has 31 heavy (non-hydrogen) atoms. The molecule has 0 saturated heterocycles. The Morgan fingerprint density at radius 1 is 0.839 bits per heavy atom.